The molecule has 0 aliphatic heterocycles. The number of primary amides is 1. The summed E-state index contributed by atoms with van der Waals surface area (Å²) in [6, 6.07) is 16.9. The Morgan fingerprint density at radius 1 is 0.895 bits per heavy atom. The fraction of sp³-hybridized carbons (Fsp3) is 0. The van der Waals surface area contributed by atoms with Crippen molar-refractivity contribution < 1.29 is 4.79 Å². The van der Waals surface area contributed by atoms with E-state index in [9.17, 15) is 4.79 Å². The van der Waals surface area contributed by atoms with Gasteiger partial charge in [-0.15, -0.1) is 0 Å². The Balaban J connectivity index is 2.07. The molecule has 4 heteroatoms. The summed E-state index contributed by atoms with van der Waals surface area (Å²) in [6.45, 7) is 0. The average Bonchev–Trinajstić information content (AvgIpc) is 2.45. The van der Waals surface area contributed by atoms with Crippen LogP contribution in [0.25, 0.3) is 6.08 Å². The number of amides is 1. The number of carbonyl (C=O) groups excluding carboxylic acids is 1. The molecule has 94 valence electrons. The molecule has 4 nitrogen and oxygen atoms in total. The lowest BCUT2D eigenvalue weighted by molar-refractivity contribution is -0.113. The van der Waals surface area contributed by atoms with E-state index < -0.39 is 5.91 Å². The molecule has 0 spiro atoms. The fourth-order valence-electron chi connectivity index (χ4n) is 1.44. The summed E-state index contributed by atoms with van der Waals surface area (Å²) in [7, 11) is 0. The van der Waals surface area contributed by atoms with Gasteiger partial charge < -0.3 is 5.73 Å². The summed E-state index contributed by atoms with van der Waals surface area (Å²) < 4.78 is 0. The molecule has 2 rings (SSSR count). The first-order valence-corrected chi connectivity index (χ1v) is 5.78. The molecule has 0 saturated carbocycles. The largest absolute Gasteiger partial charge is 0.366 e. The zero-order valence-corrected chi connectivity index (χ0v) is 10.2. The number of rotatable bonds is 4. The molecule has 2 N–H and O–H groups in total. The monoisotopic (exact) mass is 251 g/mol. The van der Waals surface area contributed by atoms with Gasteiger partial charge in [0.15, 0.2) is 0 Å². The molecule has 0 aromatic heterocycles. The second-order valence-corrected chi connectivity index (χ2v) is 3.86. The summed E-state index contributed by atoms with van der Waals surface area (Å²) in [6.07, 6.45) is 2.97. The highest BCUT2D eigenvalue weighted by atomic mass is 16.1. The summed E-state index contributed by atoms with van der Waals surface area (Å²) in [5, 5.41) is 8.24. The zero-order valence-electron chi connectivity index (χ0n) is 10.2. The van der Waals surface area contributed by atoms with Crippen LogP contribution in [-0.4, -0.2) is 5.91 Å². The van der Waals surface area contributed by atoms with Gasteiger partial charge >= 0.3 is 0 Å². The maximum Gasteiger partial charge on any atom is 0.241 e. The highest BCUT2D eigenvalue weighted by molar-refractivity contribution is 5.90. The molecule has 0 unspecified atom stereocenters. The zero-order chi connectivity index (χ0) is 13.5. The maximum absolute atomic E-state index is 10.6. The first-order valence-electron chi connectivity index (χ1n) is 5.78. The fourth-order valence-corrected chi connectivity index (χ4v) is 1.44. The van der Waals surface area contributed by atoms with Crippen molar-refractivity contribution in [1.82, 2.24) is 0 Å². The van der Waals surface area contributed by atoms with Gasteiger partial charge in [-0.2, -0.15) is 10.2 Å². The Bertz CT molecular complexity index is 601. The normalized spacial score (nSPS) is 11.2. The summed E-state index contributed by atoms with van der Waals surface area (Å²) in [5.74, 6) is -0.465. The minimum Gasteiger partial charge on any atom is -0.366 e. The number of carbonyl (C=O) groups is 1. The number of hydrogen-bond donors (Lipinski definition) is 1. The topological polar surface area (TPSA) is 67.8 Å². The minimum absolute atomic E-state index is 0.465. The highest BCUT2D eigenvalue weighted by Crippen LogP contribution is 2.18. The van der Waals surface area contributed by atoms with Crippen LogP contribution in [0.4, 0.5) is 11.4 Å². The van der Waals surface area contributed by atoms with Gasteiger partial charge in [-0.1, -0.05) is 30.3 Å². The summed E-state index contributed by atoms with van der Waals surface area (Å²) in [5.41, 5.74) is 7.47. The van der Waals surface area contributed by atoms with E-state index in [4.69, 9.17) is 5.73 Å². The van der Waals surface area contributed by atoms with Crippen LogP contribution in [-0.2, 0) is 4.79 Å². The molecule has 0 radical (unpaired) electrons. The lowest BCUT2D eigenvalue weighted by atomic mass is 10.2. The van der Waals surface area contributed by atoms with Gasteiger partial charge in [-0.25, -0.2) is 0 Å². The van der Waals surface area contributed by atoms with Crippen LogP contribution in [0, 0.1) is 0 Å². The summed E-state index contributed by atoms with van der Waals surface area (Å²) in [4.78, 5) is 10.6. The SMILES string of the molecule is NC(=O)C=Cc1ccc(N=Nc2ccccc2)cc1. The average molecular weight is 251 g/mol. The third-order valence-electron chi connectivity index (χ3n) is 2.37. The van der Waals surface area contributed by atoms with E-state index in [0.717, 1.165) is 16.9 Å². The molecular weight excluding hydrogens is 238 g/mol. The Kier molecular flexibility index (Phi) is 4.18. The van der Waals surface area contributed by atoms with Crippen molar-refractivity contribution in [3.8, 4) is 0 Å². The van der Waals surface area contributed by atoms with E-state index in [0.29, 0.717) is 0 Å². The van der Waals surface area contributed by atoms with E-state index in [-0.39, 0.29) is 0 Å². The van der Waals surface area contributed by atoms with E-state index in [1.54, 1.807) is 6.08 Å². The lowest BCUT2D eigenvalue weighted by Crippen LogP contribution is -2.04. The predicted octanol–water partition coefficient (Wildman–Crippen LogP) is 3.60. The van der Waals surface area contributed by atoms with Crippen LogP contribution in [0.2, 0.25) is 0 Å². The quantitative estimate of drug-likeness (QED) is 0.654. The third kappa shape index (κ3) is 4.20. The van der Waals surface area contributed by atoms with Crippen LogP contribution >= 0.6 is 0 Å². The second-order valence-electron chi connectivity index (χ2n) is 3.86. The molecule has 0 heterocycles. The highest BCUT2D eigenvalue weighted by Gasteiger charge is 1.92. The van der Waals surface area contributed by atoms with Crippen molar-refractivity contribution >= 4 is 23.4 Å². The molecule has 0 aliphatic rings. The third-order valence-corrected chi connectivity index (χ3v) is 2.37. The number of azo groups is 1. The molecule has 0 saturated heterocycles. The second kappa shape index (κ2) is 6.26. The van der Waals surface area contributed by atoms with Crippen molar-refractivity contribution in [3.63, 3.8) is 0 Å². The van der Waals surface area contributed by atoms with E-state index >= 15 is 0 Å². The predicted molar refractivity (Wildman–Crippen MR) is 75.3 cm³/mol. The number of hydrogen-bond acceptors (Lipinski definition) is 3. The number of nitrogens with two attached hydrogens (primary N) is 1. The standard InChI is InChI=1S/C15H13N3O/c16-15(19)11-8-12-6-9-14(10-7-12)18-17-13-4-2-1-3-5-13/h1-11H,(H2,16,19). The van der Waals surface area contributed by atoms with Crippen molar-refractivity contribution in [2.45, 2.75) is 0 Å². The lowest BCUT2D eigenvalue weighted by Gasteiger charge is -1.95. The smallest absolute Gasteiger partial charge is 0.241 e. The maximum atomic E-state index is 10.6. The molecular formula is C15H13N3O. The van der Waals surface area contributed by atoms with Crippen LogP contribution in [0.5, 0.6) is 0 Å². The van der Waals surface area contributed by atoms with Crippen molar-refractivity contribution in [2.75, 3.05) is 0 Å². The Labute approximate surface area is 111 Å². The molecule has 2 aromatic rings. The first kappa shape index (κ1) is 12.7. The van der Waals surface area contributed by atoms with Gasteiger partial charge in [0.2, 0.25) is 5.91 Å². The van der Waals surface area contributed by atoms with Gasteiger partial charge in [0.05, 0.1) is 11.4 Å². The molecule has 0 bridgehead atoms. The van der Waals surface area contributed by atoms with Crippen LogP contribution in [0.3, 0.4) is 0 Å². The van der Waals surface area contributed by atoms with Gasteiger partial charge in [0, 0.05) is 6.08 Å². The van der Waals surface area contributed by atoms with Crippen LogP contribution in [0.1, 0.15) is 5.56 Å². The van der Waals surface area contributed by atoms with Crippen molar-refractivity contribution in [2.24, 2.45) is 16.0 Å². The Hall–Kier alpha value is -2.75. The number of nitrogens with zero attached hydrogens (tertiary/aromatic N) is 2. The van der Waals surface area contributed by atoms with Crippen molar-refractivity contribution in [1.29, 1.82) is 0 Å². The summed E-state index contributed by atoms with van der Waals surface area (Å²) >= 11 is 0. The van der Waals surface area contributed by atoms with Crippen molar-refractivity contribution in [3.05, 3.63) is 66.2 Å². The van der Waals surface area contributed by atoms with E-state index in [1.165, 1.54) is 6.08 Å². The molecule has 0 aliphatic carbocycles. The van der Waals surface area contributed by atoms with Gasteiger partial charge in [-0.3, -0.25) is 4.79 Å². The van der Waals surface area contributed by atoms with E-state index in [1.807, 2.05) is 54.6 Å². The van der Waals surface area contributed by atoms with Gasteiger partial charge in [0.25, 0.3) is 0 Å². The van der Waals surface area contributed by atoms with E-state index in [2.05, 4.69) is 10.2 Å². The molecule has 19 heavy (non-hydrogen) atoms. The molecule has 0 atom stereocenters. The van der Waals surface area contributed by atoms with Gasteiger partial charge in [-0.05, 0) is 35.9 Å². The van der Waals surface area contributed by atoms with Crippen LogP contribution in [0.15, 0.2) is 70.9 Å². The number of benzene rings is 2. The minimum atomic E-state index is -0.465. The Morgan fingerprint density at radius 2 is 1.47 bits per heavy atom. The molecule has 1 amide bonds. The van der Waals surface area contributed by atoms with Crippen LogP contribution < -0.4 is 5.73 Å². The molecule has 2 aromatic carbocycles. The Morgan fingerprint density at radius 3 is 2.05 bits per heavy atom. The first-order chi connectivity index (χ1) is 9.24. The molecule has 0 fully saturated rings. The van der Waals surface area contributed by atoms with Gasteiger partial charge in [0.1, 0.15) is 0 Å².